The van der Waals surface area contributed by atoms with Crippen LogP contribution in [0.2, 0.25) is 0 Å². The van der Waals surface area contributed by atoms with Crippen molar-refractivity contribution in [1.82, 2.24) is 0 Å². The largest absolute Gasteiger partial charge is 0.465 e. The van der Waals surface area contributed by atoms with Crippen molar-refractivity contribution in [2.45, 2.75) is 13.5 Å². The molecule has 0 atom stereocenters. The molecule has 0 radical (unpaired) electrons. The molecule has 0 aromatic heterocycles. The van der Waals surface area contributed by atoms with Gasteiger partial charge >= 0.3 is 17.9 Å². The van der Waals surface area contributed by atoms with Crippen LogP contribution in [0.3, 0.4) is 0 Å². The first-order valence-electron chi connectivity index (χ1n) is 20.5. The molecule has 0 saturated heterocycles. The summed E-state index contributed by atoms with van der Waals surface area (Å²) in [6.07, 6.45) is 4.22. The van der Waals surface area contributed by atoms with Crippen LogP contribution in [0.1, 0.15) is 75.6 Å². The Kier molecular flexibility index (Phi) is 14.4. The standard InChI is InChI=1S/C55H47NO8/c1-37-6-28-48(29-7-37)56(49-30-10-38(11-31-49)34-51(41-14-8-40(9-15-41)36-64-63-5)42-16-22-45(23-17-42)53(57)60-2)50-32-12-39(13-33-50)35-52(43-18-24-46(25-19-43)54(58)61-3)44-20-26-47(27-21-44)55(59)62-4/h6-35H,36H2,1-5H3/b51-34-. The zero-order valence-electron chi connectivity index (χ0n) is 36.2. The molecular formula is C55H47NO8. The van der Waals surface area contributed by atoms with E-state index in [1.54, 1.807) is 36.4 Å². The van der Waals surface area contributed by atoms with Gasteiger partial charge in [-0.1, -0.05) is 103 Å². The first-order chi connectivity index (χ1) is 31.2. The highest BCUT2D eigenvalue weighted by Crippen LogP contribution is 2.37. The lowest BCUT2D eigenvalue weighted by Gasteiger charge is -2.26. The van der Waals surface area contributed by atoms with E-state index in [1.165, 1.54) is 28.4 Å². The van der Waals surface area contributed by atoms with Gasteiger partial charge in [0.15, 0.2) is 0 Å². The van der Waals surface area contributed by atoms with Crippen molar-refractivity contribution in [3.8, 4) is 0 Å². The summed E-state index contributed by atoms with van der Waals surface area (Å²) in [5.41, 5.74) is 13.9. The van der Waals surface area contributed by atoms with E-state index in [2.05, 4.69) is 96.8 Å². The summed E-state index contributed by atoms with van der Waals surface area (Å²) in [5.74, 6) is -1.22. The highest BCUT2D eigenvalue weighted by molar-refractivity contribution is 5.96. The van der Waals surface area contributed by atoms with Crippen LogP contribution in [0.15, 0.2) is 170 Å². The lowest BCUT2D eigenvalue weighted by molar-refractivity contribution is -0.282. The molecule has 7 aromatic carbocycles. The van der Waals surface area contributed by atoms with Crippen LogP contribution in [0, 0.1) is 6.92 Å². The average Bonchev–Trinajstić information content (AvgIpc) is 3.35. The number of carbonyl (C=O) groups is 3. The third-order valence-corrected chi connectivity index (χ3v) is 10.7. The van der Waals surface area contributed by atoms with Gasteiger partial charge in [0.25, 0.3) is 0 Å². The molecule has 320 valence electrons. The minimum atomic E-state index is -0.413. The second-order valence-electron chi connectivity index (χ2n) is 14.8. The van der Waals surface area contributed by atoms with Crippen molar-refractivity contribution >= 4 is 58.3 Å². The van der Waals surface area contributed by atoms with E-state index in [-0.39, 0.29) is 0 Å². The average molecular weight is 850 g/mol. The zero-order valence-corrected chi connectivity index (χ0v) is 36.2. The quantitative estimate of drug-likeness (QED) is 0.0328. The molecule has 0 N–H and O–H groups in total. The van der Waals surface area contributed by atoms with Crippen molar-refractivity contribution < 1.29 is 38.4 Å². The summed E-state index contributed by atoms with van der Waals surface area (Å²) < 4.78 is 14.8. The van der Waals surface area contributed by atoms with Gasteiger partial charge in [0.1, 0.15) is 6.61 Å². The fourth-order valence-corrected chi connectivity index (χ4v) is 7.20. The number of carbonyl (C=O) groups excluding carboxylic acids is 3. The molecule has 7 rings (SSSR count). The number of hydrogen-bond donors (Lipinski definition) is 0. The van der Waals surface area contributed by atoms with Gasteiger partial charge in [-0.3, -0.25) is 0 Å². The highest BCUT2D eigenvalue weighted by Gasteiger charge is 2.16. The number of methoxy groups -OCH3 is 3. The van der Waals surface area contributed by atoms with Crippen molar-refractivity contribution in [2.75, 3.05) is 33.3 Å². The van der Waals surface area contributed by atoms with Gasteiger partial charge in [-0.15, -0.1) is 0 Å². The molecule has 9 nitrogen and oxygen atoms in total. The Hall–Kier alpha value is -7.85. The van der Waals surface area contributed by atoms with Gasteiger partial charge in [0.2, 0.25) is 0 Å². The summed E-state index contributed by atoms with van der Waals surface area (Å²) in [6.45, 7) is 2.40. The topological polar surface area (TPSA) is 101 Å². The Morgan fingerprint density at radius 1 is 0.406 bits per heavy atom. The minimum Gasteiger partial charge on any atom is -0.465 e. The number of ether oxygens (including phenoxy) is 3. The summed E-state index contributed by atoms with van der Waals surface area (Å²) in [6, 6.07) is 55.2. The van der Waals surface area contributed by atoms with Crippen LogP contribution in [0.4, 0.5) is 17.1 Å². The molecule has 0 spiro atoms. The second kappa shape index (κ2) is 20.8. The molecule has 9 heteroatoms. The van der Waals surface area contributed by atoms with Crippen LogP contribution in [-0.2, 0) is 30.6 Å². The van der Waals surface area contributed by atoms with Gasteiger partial charge in [-0.05, 0) is 142 Å². The minimum absolute atomic E-state index is 0.325. The van der Waals surface area contributed by atoms with Crippen LogP contribution < -0.4 is 4.90 Å². The number of anilines is 3. The SMILES string of the molecule is COOCc1ccc(/C(=C/c2ccc(N(c3ccc(C)cc3)c3ccc(C=C(c4ccc(C(=O)OC)cc4)c4ccc(C(=O)OC)cc4)cc3)cc2)c2ccc(C(=O)OC)cc2)cc1. The Labute approximate surface area is 373 Å². The molecule has 0 fully saturated rings. The Bertz CT molecular complexity index is 2690. The summed E-state index contributed by atoms with van der Waals surface area (Å²) in [7, 11) is 5.58. The molecular weight excluding hydrogens is 803 g/mol. The van der Waals surface area contributed by atoms with E-state index >= 15 is 0 Å². The smallest absolute Gasteiger partial charge is 0.337 e. The fourth-order valence-electron chi connectivity index (χ4n) is 7.20. The molecule has 0 saturated carbocycles. The third-order valence-electron chi connectivity index (χ3n) is 10.7. The van der Waals surface area contributed by atoms with Crippen LogP contribution >= 0.6 is 0 Å². The van der Waals surface area contributed by atoms with Crippen molar-refractivity contribution in [1.29, 1.82) is 0 Å². The number of hydrogen-bond acceptors (Lipinski definition) is 9. The molecule has 0 bridgehead atoms. The third kappa shape index (κ3) is 10.6. The monoisotopic (exact) mass is 849 g/mol. The van der Waals surface area contributed by atoms with Crippen LogP contribution in [-0.4, -0.2) is 46.3 Å². The summed E-state index contributed by atoms with van der Waals surface area (Å²) in [4.78, 5) is 48.8. The number of benzene rings is 7. The van der Waals surface area contributed by atoms with E-state index in [1.807, 2.05) is 60.7 Å². The predicted octanol–water partition coefficient (Wildman–Crippen LogP) is 12.1. The Morgan fingerprint density at radius 2 is 0.703 bits per heavy atom. The lowest BCUT2D eigenvalue weighted by atomic mass is 9.94. The van der Waals surface area contributed by atoms with E-state index in [0.29, 0.717) is 23.3 Å². The normalized spacial score (nSPS) is 11.0. The first kappa shape index (κ1) is 44.2. The van der Waals surface area contributed by atoms with Gasteiger partial charge < -0.3 is 19.1 Å². The molecule has 0 heterocycles. The Balaban J connectivity index is 1.24. The fraction of sp³-hybridized carbons (Fsp3) is 0.109. The van der Waals surface area contributed by atoms with Gasteiger partial charge in [-0.25, -0.2) is 24.2 Å². The van der Waals surface area contributed by atoms with Crippen molar-refractivity contribution in [3.63, 3.8) is 0 Å². The highest BCUT2D eigenvalue weighted by atomic mass is 17.2. The maximum atomic E-state index is 12.2. The van der Waals surface area contributed by atoms with Gasteiger partial charge in [0, 0.05) is 17.1 Å². The molecule has 64 heavy (non-hydrogen) atoms. The molecule has 0 aliphatic carbocycles. The van der Waals surface area contributed by atoms with Crippen LogP contribution in [0.25, 0.3) is 23.3 Å². The van der Waals surface area contributed by atoms with Crippen molar-refractivity contribution in [3.05, 3.63) is 231 Å². The lowest BCUT2D eigenvalue weighted by Crippen LogP contribution is -2.09. The predicted molar refractivity (Wildman–Crippen MR) is 251 cm³/mol. The van der Waals surface area contributed by atoms with E-state index < -0.39 is 17.9 Å². The first-order valence-corrected chi connectivity index (χ1v) is 20.5. The summed E-state index contributed by atoms with van der Waals surface area (Å²) in [5, 5.41) is 0. The number of esters is 3. The molecule has 0 unspecified atom stereocenters. The van der Waals surface area contributed by atoms with E-state index in [9.17, 15) is 14.4 Å². The molecule has 0 amide bonds. The van der Waals surface area contributed by atoms with Gasteiger partial charge in [-0.2, -0.15) is 0 Å². The second-order valence-corrected chi connectivity index (χ2v) is 14.8. The zero-order chi connectivity index (χ0) is 45.0. The van der Waals surface area contributed by atoms with E-state index in [4.69, 9.17) is 24.0 Å². The number of nitrogens with zero attached hydrogens (tertiary/aromatic N) is 1. The van der Waals surface area contributed by atoms with E-state index in [0.717, 1.165) is 72.7 Å². The maximum absolute atomic E-state index is 12.2. The molecule has 0 aliphatic heterocycles. The summed E-state index contributed by atoms with van der Waals surface area (Å²) >= 11 is 0. The Morgan fingerprint density at radius 3 is 1.02 bits per heavy atom. The molecule has 7 aromatic rings. The molecule has 0 aliphatic rings. The van der Waals surface area contributed by atoms with Gasteiger partial charge in [0.05, 0.1) is 45.1 Å². The maximum Gasteiger partial charge on any atom is 0.337 e. The number of rotatable bonds is 15. The van der Waals surface area contributed by atoms with Crippen molar-refractivity contribution in [2.24, 2.45) is 0 Å². The van der Waals surface area contributed by atoms with Crippen LogP contribution in [0.5, 0.6) is 0 Å². The number of aryl methyl sites for hydroxylation is 1.